The normalized spacial score (nSPS) is 21.3. The fraction of sp³-hybridized carbons (Fsp3) is 0.500. The van der Waals surface area contributed by atoms with Crippen LogP contribution in [0.15, 0.2) is 12.1 Å². The number of aromatic amines is 1. The zero-order chi connectivity index (χ0) is 13.0. The molecule has 1 saturated carbocycles. The molecule has 0 bridgehead atoms. The Hall–Kier alpha value is -1.62. The molecule has 1 aliphatic heterocycles. The van der Waals surface area contributed by atoms with Gasteiger partial charge in [0.1, 0.15) is 5.82 Å². The maximum absolute atomic E-state index is 14.4. The van der Waals surface area contributed by atoms with Crippen molar-refractivity contribution in [2.24, 2.45) is 0 Å². The largest absolute Gasteiger partial charge is 0.377 e. The molecule has 4 rings (SSSR count). The van der Waals surface area contributed by atoms with Crippen LogP contribution in [0.4, 0.5) is 10.1 Å². The van der Waals surface area contributed by atoms with Gasteiger partial charge in [0.25, 0.3) is 0 Å². The SMILES string of the molecule is Cc1n[nH]c2cc(F)c(N3CCOCC34CC4)cc12. The van der Waals surface area contributed by atoms with Crippen molar-refractivity contribution < 1.29 is 9.13 Å². The maximum Gasteiger partial charge on any atom is 0.148 e. The van der Waals surface area contributed by atoms with Crippen molar-refractivity contribution in [1.29, 1.82) is 0 Å². The van der Waals surface area contributed by atoms with Gasteiger partial charge in [-0.2, -0.15) is 5.10 Å². The highest BCUT2D eigenvalue weighted by molar-refractivity contribution is 5.85. The second kappa shape index (κ2) is 3.70. The van der Waals surface area contributed by atoms with Crippen LogP contribution in [-0.2, 0) is 4.74 Å². The topological polar surface area (TPSA) is 41.2 Å². The quantitative estimate of drug-likeness (QED) is 0.857. The van der Waals surface area contributed by atoms with E-state index >= 15 is 0 Å². The predicted molar refractivity (Wildman–Crippen MR) is 70.9 cm³/mol. The third-order valence-electron chi connectivity index (χ3n) is 4.34. The van der Waals surface area contributed by atoms with Gasteiger partial charge in [-0.3, -0.25) is 5.10 Å². The van der Waals surface area contributed by atoms with Gasteiger partial charge in [-0.1, -0.05) is 0 Å². The summed E-state index contributed by atoms with van der Waals surface area (Å²) in [5.74, 6) is -0.177. The monoisotopic (exact) mass is 261 g/mol. The molecule has 2 fully saturated rings. The Kier molecular flexibility index (Phi) is 2.18. The summed E-state index contributed by atoms with van der Waals surface area (Å²) in [6.45, 7) is 4.09. The van der Waals surface area contributed by atoms with E-state index in [1.54, 1.807) is 6.07 Å². The number of aromatic nitrogens is 2. The number of aryl methyl sites for hydroxylation is 1. The molecule has 1 aromatic carbocycles. The highest BCUT2D eigenvalue weighted by Crippen LogP contribution is 2.46. The number of hydrogen-bond acceptors (Lipinski definition) is 3. The second-order valence-corrected chi connectivity index (χ2v) is 5.59. The number of hydrogen-bond donors (Lipinski definition) is 1. The van der Waals surface area contributed by atoms with E-state index in [2.05, 4.69) is 15.1 Å². The van der Waals surface area contributed by atoms with Gasteiger partial charge in [0.2, 0.25) is 0 Å². The van der Waals surface area contributed by atoms with E-state index in [-0.39, 0.29) is 11.4 Å². The number of anilines is 1. The number of ether oxygens (including phenoxy) is 1. The average Bonchev–Trinajstić information content (AvgIpc) is 3.08. The molecule has 1 spiro atoms. The molecule has 4 nitrogen and oxygen atoms in total. The van der Waals surface area contributed by atoms with Crippen LogP contribution in [0.2, 0.25) is 0 Å². The average molecular weight is 261 g/mol. The highest BCUT2D eigenvalue weighted by atomic mass is 19.1. The lowest BCUT2D eigenvalue weighted by molar-refractivity contribution is 0.0861. The van der Waals surface area contributed by atoms with E-state index in [1.165, 1.54) is 0 Å². The number of nitrogens with one attached hydrogen (secondary N) is 1. The third-order valence-corrected chi connectivity index (χ3v) is 4.34. The molecule has 1 aliphatic carbocycles. The van der Waals surface area contributed by atoms with Crippen molar-refractivity contribution in [1.82, 2.24) is 10.2 Å². The summed E-state index contributed by atoms with van der Waals surface area (Å²) in [4.78, 5) is 2.19. The summed E-state index contributed by atoms with van der Waals surface area (Å²) in [5.41, 5.74) is 2.41. The Labute approximate surface area is 110 Å². The fourth-order valence-electron chi connectivity index (χ4n) is 3.03. The van der Waals surface area contributed by atoms with Crippen LogP contribution in [-0.4, -0.2) is 35.5 Å². The van der Waals surface area contributed by atoms with Crippen LogP contribution in [0.5, 0.6) is 0 Å². The van der Waals surface area contributed by atoms with Crippen molar-refractivity contribution in [3.05, 3.63) is 23.6 Å². The first-order valence-electron chi connectivity index (χ1n) is 6.69. The first-order chi connectivity index (χ1) is 9.20. The van der Waals surface area contributed by atoms with Gasteiger partial charge in [-0.25, -0.2) is 4.39 Å². The predicted octanol–water partition coefficient (Wildman–Crippen LogP) is 2.38. The molecule has 0 atom stereocenters. The number of H-pyrrole nitrogens is 1. The summed E-state index contributed by atoms with van der Waals surface area (Å²) in [5, 5.41) is 8.00. The van der Waals surface area contributed by atoms with Gasteiger partial charge < -0.3 is 9.64 Å². The molecule has 2 heterocycles. The molecular weight excluding hydrogens is 245 g/mol. The van der Waals surface area contributed by atoms with Gasteiger partial charge in [0, 0.05) is 18.0 Å². The number of rotatable bonds is 1. The van der Waals surface area contributed by atoms with E-state index < -0.39 is 0 Å². The summed E-state index contributed by atoms with van der Waals surface area (Å²) >= 11 is 0. The van der Waals surface area contributed by atoms with Crippen LogP contribution in [0.25, 0.3) is 10.9 Å². The Morgan fingerprint density at radius 3 is 3.05 bits per heavy atom. The highest BCUT2D eigenvalue weighted by Gasteiger charge is 2.50. The van der Waals surface area contributed by atoms with Crippen LogP contribution in [0.3, 0.4) is 0 Å². The van der Waals surface area contributed by atoms with Crippen molar-refractivity contribution >= 4 is 16.6 Å². The number of morpholine rings is 1. The first kappa shape index (κ1) is 11.2. The summed E-state index contributed by atoms with van der Waals surface area (Å²) in [7, 11) is 0. The summed E-state index contributed by atoms with van der Waals surface area (Å²) < 4.78 is 19.9. The van der Waals surface area contributed by atoms with Crippen molar-refractivity contribution in [3.63, 3.8) is 0 Å². The van der Waals surface area contributed by atoms with E-state index in [9.17, 15) is 4.39 Å². The number of nitrogens with zero attached hydrogens (tertiary/aromatic N) is 2. The molecule has 0 unspecified atom stereocenters. The maximum atomic E-state index is 14.4. The van der Waals surface area contributed by atoms with Crippen molar-refractivity contribution in [2.75, 3.05) is 24.7 Å². The molecule has 100 valence electrons. The second-order valence-electron chi connectivity index (χ2n) is 5.59. The van der Waals surface area contributed by atoms with Crippen molar-refractivity contribution in [2.45, 2.75) is 25.3 Å². The molecule has 0 radical (unpaired) electrons. The summed E-state index contributed by atoms with van der Waals surface area (Å²) in [6.07, 6.45) is 2.18. The molecule has 5 heteroatoms. The van der Waals surface area contributed by atoms with E-state index in [1.807, 2.05) is 13.0 Å². The summed E-state index contributed by atoms with van der Waals surface area (Å²) in [6, 6.07) is 3.48. The number of fused-ring (bicyclic) bond motifs is 1. The molecule has 0 amide bonds. The number of halogens is 1. The Balaban J connectivity index is 1.85. The standard InChI is InChI=1S/C14H16FN3O/c1-9-10-6-13(11(15)7-12(10)17-16-9)18-4-5-19-8-14(18)2-3-14/h6-7H,2-5,8H2,1H3,(H,16,17). The molecule has 19 heavy (non-hydrogen) atoms. The third kappa shape index (κ3) is 1.57. The molecule has 1 aromatic heterocycles. The Morgan fingerprint density at radius 1 is 1.42 bits per heavy atom. The van der Waals surface area contributed by atoms with E-state index in [4.69, 9.17) is 4.74 Å². The van der Waals surface area contributed by atoms with Gasteiger partial charge in [0.05, 0.1) is 35.7 Å². The zero-order valence-corrected chi connectivity index (χ0v) is 10.9. The van der Waals surface area contributed by atoms with Gasteiger partial charge in [-0.15, -0.1) is 0 Å². The van der Waals surface area contributed by atoms with E-state index in [0.717, 1.165) is 42.6 Å². The van der Waals surface area contributed by atoms with Gasteiger partial charge in [-0.05, 0) is 25.8 Å². The minimum Gasteiger partial charge on any atom is -0.377 e. The fourth-order valence-corrected chi connectivity index (χ4v) is 3.03. The zero-order valence-electron chi connectivity index (χ0n) is 10.9. The Morgan fingerprint density at radius 2 is 2.26 bits per heavy atom. The molecule has 1 saturated heterocycles. The van der Waals surface area contributed by atoms with Crippen LogP contribution in [0.1, 0.15) is 18.5 Å². The lowest BCUT2D eigenvalue weighted by Gasteiger charge is -2.38. The minimum atomic E-state index is -0.177. The molecule has 2 aliphatic rings. The number of benzene rings is 1. The lowest BCUT2D eigenvalue weighted by atomic mass is 10.1. The van der Waals surface area contributed by atoms with Crippen LogP contribution < -0.4 is 4.90 Å². The Bertz CT molecular complexity index is 647. The van der Waals surface area contributed by atoms with Crippen LogP contribution in [0, 0.1) is 12.7 Å². The van der Waals surface area contributed by atoms with E-state index in [0.29, 0.717) is 12.3 Å². The van der Waals surface area contributed by atoms with Gasteiger partial charge in [0.15, 0.2) is 0 Å². The molecule has 2 aromatic rings. The molecular formula is C14H16FN3O. The van der Waals surface area contributed by atoms with Gasteiger partial charge >= 0.3 is 0 Å². The first-order valence-corrected chi connectivity index (χ1v) is 6.69. The minimum absolute atomic E-state index is 0.0460. The van der Waals surface area contributed by atoms with Crippen molar-refractivity contribution in [3.8, 4) is 0 Å². The smallest absolute Gasteiger partial charge is 0.148 e. The van der Waals surface area contributed by atoms with Crippen LogP contribution >= 0.6 is 0 Å². The lowest BCUT2D eigenvalue weighted by Crippen LogP contribution is -2.48. The molecule has 1 N–H and O–H groups in total.